The summed E-state index contributed by atoms with van der Waals surface area (Å²) in [5.74, 6) is -4.23. The number of nitriles is 1. The smallest absolute Gasteiger partial charge is 0.194 e. The highest BCUT2D eigenvalue weighted by Gasteiger charge is 2.17. The quantitative estimate of drug-likeness (QED) is 0.850. The Morgan fingerprint density at radius 2 is 1.60 bits per heavy atom. The van der Waals surface area contributed by atoms with Gasteiger partial charge in [0.15, 0.2) is 17.5 Å². The molecule has 0 saturated carbocycles. The SMILES string of the molecule is N#CC(Nc1ccc(Cl)cc1)c1cc(F)c(F)c(F)c1. The Bertz CT molecular complexity index is 642. The van der Waals surface area contributed by atoms with Gasteiger partial charge >= 0.3 is 0 Å². The molecule has 0 radical (unpaired) electrons. The summed E-state index contributed by atoms with van der Waals surface area (Å²) < 4.78 is 39.2. The molecule has 0 heterocycles. The number of halogens is 4. The van der Waals surface area contributed by atoms with Gasteiger partial charge in [-0.1, -0.05) is 11.6 Å². The van der Waals surface area contributed by atoms with Gasteiger partial charge < -0.3 is 5.32 Å². The van der Waals surface area contributed by atoms with Crippen LogP contribution in [0.3, 0.4) is 0 Å². The third-order valence-corrected chi connectivity index (χ3v) is 2.88. The molecule has 1 atom stereocenters. The highest BCUT2D eigenvalue weighted by atomic mass is 35.5. The molecule has 0 aliphatic carbocycles. The van der Waals surface area contributed by atoms with Gasteiger partial charge in [-0.15, -0.1) is 0 Å². The molecule has 0 spiro atoms. The predicted molar refractivity (Wildman–Crippen MR) is 69.7 cm³/mol. The summed E-state index contributed by atoms with van der Waals surface area (Å²) in [4.78, 5) is 0. The van der Waals surface area contributed by atoms with Crippen LogP contribution in [0.5, 0.6) is 0 Å². The fourth-order valence-corrected chi connectivity index (χ4v) is 1.77. The Kier molecular flexibility index (Phi) is 4.16. The Morgan fingerprint density at radius 3 is 2.10 bits per heavy atom. The van der Waals surface area contributed by atoms with Crippen LogP contribution in [0.15, 0.2) is 36.4 Å². The van der Waals surface area contributed by atoms with Crippen molar-refractivity contribution < 1.29 is 13.2 Å². The zero-order valence-corrected chi connectivity index (χ0v) is 10.8. The molecule has 0 saturated heterocycles. The number of benzene rings is 2. The first kappa shape index (κ1) is 14.2. The standard InChI is InChI=1S/C14H8ClF3N2/c15-9-1-3-10(4-2-9)20-13(7-19)8-5-11(16)14(18)12(17)6-8/h1-6,13,20H. The minimum Gasteiger partial charge on any atom is -0.366 e. The van der Waals surface area contributed by atoms with Gasteiger partial charge in [-0.05, 0) is 42.0 Å². The second-order valence-corrected chi connectivity index (χ2v) is 4.45. The molecule has 0 fully saturated rings. The molecule has 1 N–H and O–H groups in total. The zero-order valence-electron chi connectivity index (χ0n) is 10.0. The minimum atomic E-state index is -1.56. The van der Waals surface area contributed by atoms with Gasteiger partial charge in [-0.2, -0.15) is 5.26 Å². The normalized spacial score (nSPS) is 11.8. The average Bonchev–Trinajstić information content (AvgIpc) is 2.43. The molecule has 2 aromatic rings. The molecule has 0 aliphatic heterocycles. The Balaban J connectivity index is 2.29. The number of hydrogen-bond acceptors (Lipinski definition) is 2. The van der Waals surface area contributed by atoms with Crippen molar-refractivity contribution in [1.29, 1.82) is 5.26 Å². The maximum Gasteiger partial charge on any atom is 0.194 e. The van der Waals surface area contributed by atoms with Gasteiger partial charge in [0.1, 0.15) is 6.04 Å². The Morgan fingerprint density at radius 1 is 1.05 bits per heavy atom. The number of nitrogens with zero attached hydrogens (tertiary/aromatic N) is 1. The Labute approximate surface area is 118 Å². The number of hydrogen-bond donors (Lipinski definition) is 1. The van der Waals surface area contributed by atoms with Crippen LogP contribution >= 0.6 is 11.6 Å². The van der Waals surface area contributed by atoms with Crippen molar-refractivity contribution >= 4 is 17.3 Å². The van der Waals surface area contributed by atoms with Gasteiger partial charge in [0, 0.05) is 10.7 Å². The molecule has 0 aromatic heterocycles. The van der Waals surface area contributed by atoms with E-state index in [2.05, 4.69) is 5.32 Å². The molecule has 1 unspecified atom stereocenters. The van der Waals surface area contributed by atoms with Crippen LogP contribution in [0.25, 0.3) is 0 Å². The second kappa shape index (κ2) is 5.85. The van der Waals surface area contributed by atoms with Gasteiger partial charge in [0.25, 0.3) is 0 Å². The third-order valence-electron chi connectivity index (χ3n) is 2.62. The Hall–Kier alpha value is -2.19. The lowest BCUT2D eigenvalue weighted by molar-refractivity contribution is 0.445. The monoisotopic (exact) mass is 296 g/mol. The van der Waals surface area contributed by atoms with E-state index in [1.54, 1.807) is 24.3 Å². The van der Waals surface area contributed by atoms with Crippen LogP contribution in [0, 0.1) is 28.8 Å². The van der Waals surface area contributed by atoms with E-state index in [0.717, 1.165) is 12.1 Å². The molecule has 0 amide bonds. The van der Waals surface area contributed by atoms with Gasteiger partial charge in [-0.3, -0.25) is 0 Å². The van der Waals surface area contributed by atoms with Gasteiger partial charge in [0.2, 0.25) is 0 Å². The average molecular weight is 297 g/mol. The van der Waals surface area contributed by atoms with Crippen LogP contribution in [0.1, 0.15) is 11.6 Å². The van der Waals surface area contributed by atoms with Crippen molar-refractivity contribution in [3.63, 3.8) is 0 Å². The first-order valence-electron chi connectivity index (χ1n) is 5.57. The second-order valence-electron chi connectivity index (χ2n) is 4.01. The summed E-state index contributed by atoms with van der Waals surface area (Å²) in [6.07, 6.45) is 0. The molecule has 6 heteroatoms. The van der Waals surface area contributed by atoms with Crippen LogP contribution in [-0.2, 0) is 0 Å². The molecule has 0 bridgehead atoms. The highest BCUT2D eigenvalue weighted by Crippen LogP contribution is 2.23. The zero-order chi connectivity index (χ0) is 14.7. The van der Waals surface area contributed by atoms with Crippen molar-refractivity contribution in [3.8, 4) is 6.07 Å². The third kappa shape index (κ3) is 3.03. The largest absolute Gasteiger partial charge is 0.366 e. The van der Waals surface area contributed by atoms with E-state index in [0.29, 0.717) is 10.7 Å². The van der Waals surface area contributed by atoms with Gasteiger partial charge in [0.05, 0.1) is 6.07 Å². The van der Waals surface area contributed by atoms with Crippen LogP contribution in [-0.4, -0.2) is 0 Å². The lowest BCUT2D eigenvalue weighted by atomic mass is 10.1. The first-order chi connectivity index (χ1) is 9.51. The molecule has 2 nitrogen and oxygen atoms in total. The molecule has 2 aromatic carbocycles. The van der Waals surface area contributed by atoms with E-state index >= 15 is 0 Å². The van der Waals surface area contributed by atoms with E-state index in [1.807, 2.05) is 6.07 Å². The van der Waals surface area contributed by atoms with E-state index in [9.17, 15) is 13.2 Å². The fraction of sp³-hybridized carbons (Fsp3) is 0.0714. The molecule has 0 aliphatic rings. The summed E-state index contributed by atoms with van der Waals surface area (Å²) in [5, 5.41) is 12.4. The van der Waals surface area contributed by atoms with E-state index < -0.39 is 23.5 Å². The molecule has 20 heavy (non-hydrogen) atoms. The molecule has 102 valence electrons. The van der Waals surface area contributed by atoms with Crippen LogP contribution in [0.4, 0.5) is 18.9 Å². The summed E-state index contributed by atoms with van der Waals surface area (Å²) in [5.41, 5.74) is 0.546. The summed E-state index contributed by atoms with van der Waals surface area (Å²) in [6.45, 7) is 0. The number of nitrogens with one attached hydrogen (secondary N) is 1. The number of anilines is 1. The van der Waals surface area contributed by atoms with Crippen molar-refractivity contribution in [2.24, 2.45) is 0 Å². The molecule has 2 rings (SSSR count). The predicted octanol–water partition coefficient (Wildman–Crippen LogP) is 4.43. The summed E-state index contributed by atoms with van der Waals surface area (Å²) in [6, 6.07) is 8.85. The van der Waals surface area contributed by atoms with Crippen molar-refractivity contribution in [1.82, 2.24) is 0 Å². The topological polar surface area (TPSA) is 35.8 Å². The van der Waals surface area contributed by atoms with Crippen molar-refractivity contribution in [2.75, 3.05) is 5.32 Å². The summed E-state index contributed by atoms with van der Waals surface area (Å²) in [7, 11) is 0. The maximum absolute atomic E-state index is 13.2. The van der Waals surface area contributed by atoms with Crippen molar-refractivity contribution in [3.05, 3.63) is 64.4 Å². The molecular weight excluding hydrogens is 289 g/mol. The lowest BCUT2D eigenvalue weighted by Gasteiger charge is -2.14. The molecular formula is C14H8ClF3N2. The lowest BCUT2D eigenvalue weighted by Crippen LogP contribution is -2.10. The van der Waals surface area contributed by atoms with Crippen molar-refractivity contribution in [2.45, 2.75) is 6.04 Å². The summed E-state index contributed by atoms with van der Waals surface area (Å²) >= 11 is 5.72. The number of rotatable bonds is 3. The van der Waals surface area contributed by atoms with Gasteiger partial charge in [-0.25, -0.2) is 13.2 Å². The van der Waals surface area contributed by atoms with E-state index in [1.165, 1.54) is 0 Å². The van der Waals surface area contributed by atoms with Crippen LogP contribution in [0.2, 0.25) is 5.02 Å². The fourth-order valence-electron chi connectivity index (χ4n) is 1.64. The first-order valence-corrected chi connectivity index (χ1v) is 5.95. The van der Waals surface area contributed by atoms with E-state index in [4.69, 9.17) is 16.9 Å². The maximum atomic E-state index is 13.2. The van der Waals surface area contributed by atoms with Crippen LogP contribution < -0.4 is 5.32 Å². The highest BCUT2D eigenvalue weighted by molar-refractivity contribution is 6.30. The minimum absolute atomic E-state index is 0.00106. The van der Waals surface area contributed by atoms with E-state index in [-0.39, 0.29) is 5.56 Å².